The molecule has 1 heterocycles. The zero-order valence-corrected chi connectivity index (χ0v) is 11.1. The largest absolute Gasteiger partial charge is 0.481 e. The van der Waals surface area contributed by atoms with Gasteiger partial charge in [-0.25, -0.2) is 0 Å². The molecule has 0 radical (unpaired) electrons. The van der Waals surface area contributed by atoms with E-state index in [0.29, 0.717) is 19.5 Å². The van der Waals surface area contributed by atoms with E-state index >= 15 is 0 Å². The SMILES string of the molecule is CC1CN(C(=O)C2C(C(=O)O)C2(C)C)CCC1O. The summed E-state index contributed by atoms with van der Waals surface area (Å²) in [5.41, 5.74) is -0.442. The maximum Gasteiger partial charge on any atom is 0.307 e. The van der Waals surface area contributed by atoms with Crippen LogP contribution in [0.4, 0.5) is 0 Å². The third-order valence-corrected chi connectivity index (χ3v) is 4.53. The zero-order chi connectivity index (χ0) is 13.7. The van der Waals surface area contributed by atoms with Gasteiger partial charge in [0.25, 0.3) is 0 Å². The monoisotopic (exact) mass is 255 g/mol. The molecule has 0 aromatic heterocycles. The Morgan fingerprint density at radius 1 is 1.28 bits per heavy atom. The Hall–Kier alpha value is -1.10. The lowest BCUT2D eigenvalue weighted by Crippen LogP contribution is -2.46. The molecule has 2 aliphatic rings. The van der Waals surface area contributed by atoms with Crippen LogP contribution in [0.5, 0.6) is 0 Å². The first-order valence-corrected chi connectivity index (χ1v) is 6.46. The van der Waals surface area contributed by atoms with E-state index in [1.54, 1.807) is 4.90 Å². The highest BCUT2D eigenvalue weighted by molar-refractivity contribution is 5.91. The summed E-state index contributed by atoms with van der Waals surface area (Å²) in [7, 11) is 0. The van der Waals surface area contributed by atoms with Crippen molar-refractivity contribution in [3.63, 3.8) is 0 Å². The van der Waals surface area contributed by atoms with Crippen molar-refractivity contribution in [2.24, 2.45) is 23.2 Å². The van der Waals surface area contributed by atoms with Crippen LogP contribution in [0.15, 0.2) is 0 Å². The summed E-state index contributed by atoms with van der Waals surface area (Å²) in [5, 5.41) is 18.7. The van der Waals surface area contributed by atoms with Gasteiger partial charge in [-0.3, -0.25) is 9.59 Å². The predicted octanol–water partition coefficient (Wildman–Crippen LogP) is 0.572. The molecular weight excluding hydrogens is 234 g/mol. The molecule has 1 amide bonds. The average molecular weight is 255 g/mol. The first-order chi connectivity index (χ1) is 8.26. The number of hydrogen-bond acceptors (Lipinski definition) is 3. The molecule has 0 spiro atoms. The van der Waals surface area contributed by atoms with Crippen molar-refractivity contribution in [2.45, 2.75) is 33.3 Å². The maximum absolute atomic E-state index is 12.3. The third kappa shape index (κ3) is 2.00. The summed E-state index contributed by atoms with van der Waals surface area (Å²) in [6.45, 7) is 6.63. The highest BCUT2D eigenvalue weighted by atomic mass is 16.4. The molecule has 5 heteroatoms. The van der Waals surface area contributed by atoms with Gasteiger partial charge in [0.2, 0.25) is 5.91 Å². The van der Waals surface area contributed by atoms with Gasteiger partial charge in [0.05, 0.1) is 17.9 Å². The Kier molecular flexibility index (Phi) is 3.13. The van der Waals surface area contributed by atoms with Crippen LogP contribution in [0.25, 0.3) is 0 Å². The van der Waals surface area contributed by atoms with Crippen LogP contribution in [0, 0.1) is 23.2 Å². The predicted molar refractivity (Wildman–Crippen MR) is 64.8 cm³/mol. The fourth-order valence-electron chi connectivity index (χ4n) is 3.09. The van der Waals surface area contributed by atoms with Crippen LogP contribution in [-0.2, 0) is 9.59 Å². The summed E-state index contributed by atoms with van der Waals surface area (Å²) >= 11 is 0. The average Bonchev–Trinajstić information content (AvgIpc) is 2.85. The summed E-state index contributed by atoms with van der Waals surface area (Å²) in [6.07, 6.45) is 0.231. The van der Waals surface area contributed by atoms with Crippen molar-refractivity contribution >= 4 is 11.9 Å². The quantitative estimate of drug-likeness (QED) is 0.756. The Bertz CT molecular complexity index is 379. The van der Waals surface area contributed by atoms with Crippen LogP contribution < -0.4 is 0 Å². The molecular formula is C13H21NO4. The van der Waals surface area contributed by atoms with Crippen molar-refractivity contribution < 1.29 is 19.8 Å². The summed E-state index contributed by atoms with van der Waals surface area (Å²) < 4.78 is 0. The van der Waals surface area contributed by atoms with E-state index in [4.69, 9.17) is 5.11 Å². The number of aliphatic hydroxyl groups excluding tert-OH is 1. The number of piperidine rings is 1. The van der Waals surface area contributed by atoms with Gasteiger partial charge < -0.3 is 15.1 Å². The number of aliphatic hydroxyl groups is 1. The highest BCUT2D eigenvalue weighted by Crippen LogP contribution is 2.59. The maximum atomic E-state index is 12.3. The van der Waals surface area contributed by atoms with E-state index in [2.05, 4.69) is 0 Å². The van der Waals surface area contributed by atoms with E-state index in [1.807, 2.05) is 20.8 Å². The van der Waals surface area contributed by atoms with Gasteiger partial charge in [0, 0.05) is 13.1 Å². The molecule has 2 rings (SSSR count). The summed E-state index contributed by atoms with van der Waals surface area (Å²) in [4.78, 5) is 25.1. The highest BCUT2D eigenvalue weighted by Gasteiger charge is 2.66. The minimum Gasteiger partial charge on any atom is -0.481 e. The fourth-order valence-corrected chi connectivity index (χ4v) is 3.09. The summed E-state index contributed by atoms with van der Waals surface area (Å²) in [6, 6.07) is 0. The Morgan fingerprint density at radius 2 is 1.89 bits per heavy atom. The van der Waals surface area contributed by atoms with Crippen molar-refractivity contribution in [3.8, 4) is 0 Å². The van der Waals surface area contributed by atoms with Gasteiger partial charge in [0.1, 0.15) is 0 Å². The molecule has 0 aromatic carbocycles. The number of carbonyl (C=O) groups is 2. The van der Waals surface area contributed by atoms with Gasteiger partial charge in [-0.2, -0.15) is 0 Å². The minimum atomic E-state index is -0.886. The van der Waals surface area contributed by atoms with Crippen molar-refractivity contribution in [3.05, 3.63) is 0 Å². The molecule has 1 aliphatic heterocycles. The molecule has 1 saturated carbocycles. The lowest BCUT2D eigenvalue weighted by molar-refractivity contribution is -0.143. The topological polar surface area (TPSA) is 77.8 Å². The number of nitrogens with zero attached hydrogens (tertiary/aromatic N) is 1. The molecule has 0 aromatic rings. The lowest BCUT2D eigenvalue weighted by atomic mass is 9.96. The number of aliphatic carboxylic acids is 1. The van der Waals surface area contributed by atoms with Gasteiger partial charge >= 0.3 is 5.97 Å². The van der Waals surface area contributed by atoms with Gasteiger partial charge in [-0.15, -0.1) is 0 Å². The minimum absolute atomic E-state index is 0.0628. The normalized spacial score (nSPS) is 38.3. The smallest absolute Gasteiger partial charge is 0.307 e. The first kappa shape index (κ1) is 13.3. The third-order valence-electron chi connectivity index (χ3n) is 4.53. The van der Waals surface area contributed by atoms with Crippen molar-refractivity contribution in [1.82, 2.24) is 4.90 Å². The van der Waals surface area contributed by atoms with Gasteiger partial charge in [-0.1, -0.05) is 20.8 Å². The van der Waals surface area contributed by atoms with Crippen LogP contribution in [0.3, 0.4) is 0 Å². The molecule has 1 aliphatic carbocycles. The second-order valence-corrected chi connectivity index (χ2v) is 6.23. The van der Waals surface area contributed by atoms with Crippen LogP contribution in [-0.4, -0.2) is 46.2 Å². The number of carbonyl (C=O) groups excluding carboxylic acids is 1. The van der Waals surface area contributed by atoms with E-state index in [-0.39, 0.29) is 17.9 Å². The number of carboxylic acids is 1. The molecule has 2 N–H and O–H groups in total. The standard InChI is InChI=1S/C13H21NO4/c1-7-6-14(5-4-8(7)15)11(16)9-10(12(17)18)13(9,2)3/h7-10,15H,4-6H2,1-3H3,(H,17,18). The number of carboxylic acid groups (broad SMARTS) is 1. The van der Waals surface area contributed by atoms with Crippen molar-refractivity contribution in [2.75, 3.05) is 13.1 Å². The molecule has 102 valence electrons. The fraction of sp³-hybridized carbons (Fsp3) is 0.846. The molecule has 5 nitrogen and oxygen atoms in total. The Morgan fingerprint density at radius 3 is 2.33 bits per heavy atom. The molecule has 0 bridgehead atoms. The number of hydrogen-bond donors (Lipinski definition) is 2. The number of likely N-dealkylation sites (tertiary alicyclic amines) is 1. The zero-order valence-electron chi connectivity index (χ0n) is 11.1. The molecule has 2 fully saturated rings. The van der Waals surface area contributed by atoms with E-state index in [1.165, 1.54) is 0 Å². The molecule has 4 atom stereocenters. The van der Waals surface area contributed by atoms with E-state index < -0.39 is 23.2 Å². The van der Waals surface area contributed by atoms with Crippen LogP contribution in [0.2, 0.25) is 0 Å². The van der Waals surface area contributed by atoms with Crippen molar-refractivity contribution in [1.29, 1.82) is 0 Å². The molecule has 4 unspecified atom stereocenters. The number of rotatable bonds is 2. The second-order valence-electron chi connectivity index (χ2n) is 6.23. The van der Waals surface area contributed by atoms with Gasteiger partial charge in [-0.05, 0) is 17.8 Å². The van der Waals surface area contributed by atoms with Crippen LogP contribution >= 0.6 is 0 Å². The first-order valence-electron chi connectivity index (χ1n) is 6.46. The van der Waals surface area contributed by atoms with Crippen LogP contribution in [0.1, 0.15) is 27.2 Å². The summed E-state index contributed by atoms with van der Waals surface area (Å²) in [5.74, 6) is -1.85. The second kappa shape index (κ2) is 4.23. The van der Waals surface area contributed by atoms with E-state index in [0.717, 1.165) is 0 Å². The lowest BCUT2D eigenvalue weighted by Gasteiger charge is -2.34. The van der Waals surface area contributed by atoms with E-state index in [9.17, 15) is 14.7 Å². The Labute approximate surface area is 107 Å². The molecule has 18 heavy (non-hydrogen) atoms. The van der Waals surface area contributed by atoms with Gasteiger partial charge in [0.15, 0.2) is 0 Å². The number of amides is 1. The Balaban J connectivity index is 2.03. The molecule has 1 saturated heterocycles.